The summed E-state index contributed by atoms with van der Waals surface area (Å²) in [6, 6.07) is 0. The van der Waals surface area contributed by atoms with Gasteiger partial charge in [-0.2, -0.15) is 0 Å². The van der Waals surface area contributed by atoms with Crippen molar-refractivity contribution < 1.29 is 0 Å². The van der Waals surface area contributed by atoms with Crippen LogP contribution in [0.2, 0.25) is 0 Å². The quantitative estimate of drug-likeness (QED) is 0.304. The van der Waals surface area contributed by atoms with Gasteiger partial charge in [0.05, 0.1) is 0 Å². The summed E-state index contributed by atoms with van der Waals surface area (Å²) >= 11 is 0. The summed E-state index contributed by atoms with van der Waals surface area (Å²) in [6.45, 7) is 4.76. The Balaban J connectivity index is 1.17. The molecule has 134 valence electrons. The van der Waals surface area contributed by atoms with E-state index in [4.69, 9.17) is 0 Å². The van der Waals surface area contributed by atoms with Crippen LogP contribution in [0.5, 0.6) is 0 Å². The van der Waals surface area contributed by atoms with Crippen LogP contribution in [0.15, 0.2) is 0 Å². The molecule has 0 heteroatoms. The minimum atomic E-state index is 0.901. The van der Waals surface area contributed by atoms with Crippen molar-refractivity contribution in [2.45, 2.75) is 117 Å². The summed E-state index contributed by atoms with van der Waals surface area (Å²) in [5, 5.41) is 0. The highest BCUT2D eigenvalue weighted by Gasteiger charge is 2.62. The highest BCUT2D eigenvalue weighted by molar-refractivity contribution is 5.12. The van der Waals surface area contributed by atoms with Crippen LogP contribution in [0, 0.1) is 29.1 Å². The molecule has 1 spiro atoms. The molecule has 0 aliphatic heterocycles. The number of hydrogen-bond acceptors (Lipinski definition) is 0. The van der Waals surface area contributed by atoms with E-state index in [1.165, 1.54) is 57.8 Å². The zero-order chi connectivity index (χ0) is 16.1. The SMILES string of the molecule is CCCCCCCCCCCC1CCC12CC2CCC1CC1C. The van der Waals surface area contributed by atoms with Gasteiger partial charge < -0.3 is 0 Å². The molecule has 0 bridgehead atoms. The van der Waals surface area contributed by atoms with Gasteiger partial charge in [-0.15, -0.1) is 0 Å². The lowest BCUT2D eigenvalue weighted by molar-refractivity contribution is 0.111. The third-order valence-corrected chi connectivity index (χ3v) is 7.87. The second-order valence-electron chi connectivity index (χ2n) is 9.54. The zero-order valence-electron chi connectivity index (χ0n) is 16.1. The summed E-state index contributed by atoms with van der Waals surface area (Å²) in [6.07, 6.45) is 24.4. The molecule has 3 rings (SSSR count). The fourth-order valence-corrected chi connectivity index (χ4v) is 5.66. The third-order valence-electron chi connectivity index (χ3n) is 7.87. The lowest BCUT2D eigenvalue weighted by Gasteiger charge is -2.39. The molecule has 0 aromatic carbocycles. The van der Waals surface area contributed by atoms with Crippen molar-refractivity contribution in [3.8, 4) is 0 Å². The summed E-state index contributed by atoms with van der Waals surface area (Å²) in [7, 11) is 0. The molecule has 0 saturated heterocycles. The van der Waals surface area contributed by atoms with Gasteiger partial charge in [0.15, 0.2) is 0 Å². The molecular formula is C23H42. The molecule has 0 aromatic rings. The Morgan fingerprint density at radius 3 is 2.00 bits per heavy atom. The van der Waals surface area contributed by atoms with E-state index in [0.717, 1.165) is 29.1 Å². The van der Waals surface area contributed by atoms with E-state index in [9.17, 15) is 0 Å². The zero-order valence-corrected chi connectivity index (χ0v) is 16.1. The highest BCUT2D eigenvalue weighted by atomic mass is 14.7. The predicted molar refractivity (Wildman–Crippen MR) is 102 cm³/mol. The summed E-state index contributed by atoms with van der Waals surface area (Å²) in [5.74, 6) is 4.51. The van der Waals surface area contributed by atoms with E-state index in [1.54, 1.807) is 44.9 Å². The topological polar surface area (TPSA) is 0 Å². The first-order chi connectivity index (χ1) is 11.3. The first-order valence-electron chi connectivity index (χ1n) is 11.3. The van der Waals surface area contributed by atoms with Gasteiger partial charge in [0.2, 0.25) is 0 Å². The molecule has 5 atom stereocenters. The first kappa shape index (κ1) is 17.8. The maximum atomic E-state index is 2.45. The van der Waals surface area contributed by atoms with Crippen molar-refractivity contribution in [1.82, 2.24) is 0 Å². The van der Waals surface area contributed by atoms with Gasteiger partial charge in [-0.1, -0.05) is 71.6 Å². The standard InChI is InChI=1S/C23H42/c1-3-4-5-6-7-8-9-10-11-12-21-15-16-23(21)18-22(23)14-13-20-17-19(20)2/h19-22H,3-18H2,1-2H3. The number of rotatable bonds is 13. The maximum absolute atomic E-state index is 2.45. The van der Waals surface area contributed by atoms with E-state index in [1.807, 2.05) is 0 Å². The van der Waals surface area contributed by atoms with Crippen LogP contribution >= 0.6 is 0 Å². The first-order valence-corrected chi connectivity index (χ1v) is 11.3. The van der Waals surface area contributed by atoms with Crippen LogP contribution in [0.1, 0.15) is 117 Å². The lowest BCUT2D eigenvalue weighted by atomic mass is 9.66. The summed E-state index contributed by atoms with van der Waals surface area (Å²) in [4.78, 5) is 0. The van der Waals surface area contributed by atoms with Crippen molar-refractivity contribution >= 4 is 0 Å². The Labute approximate surface area is 146 Å². The van der Waals surface area contributed by atoms with Crippen LogP contribution in [0.3, 0.4) is 0 Å². The van der Waals surface area contributed by atoms with Crippen LogP contribution in [-0.4, -0.2) is 0 Å². The second-order valence-corrected chi connectivity index (χ2v) is 9.54. The van der Waals surface area contributed by atoms with Crippen molar-refractivity contribution in [1.29, 1.82) is 0 Å². The minimum Gasteiger partial charge on any atom is -0.0654 e. The molecule has 0 amide bonds. The smallest absolute Gasteiger partial charge is 0.0238 e. The average Bonchev–Trinajstić information content (AvgIpc) is 3.42. The molecule has 0 aromatic heterocycles. The molecule has 0 nitrogen and oxygen atoms in total. The summed E-state index contributed by atoms with van der Waals surface area (Å²) in [5.41, 5.74) is 0.901. The van der Waals surface area contributed by atoms with Crippen LogP contribution in [0.4, 0.5) is 0 Å². The molecule has 0 heterocycles. The van der Waals surface area contributed by atoms with Gasteiger partial charge in [-0.25, -0.2) is 0 Å². The normalized spacial score (nSPS) is 37.8. The van der Waals surface area contributed by atoms with E-state index in [-0.39, 0.29) is 0 Å². The predicted octanol–water partition coefficient (Wildman–Crippen LogP) is 7.76. The molecular weight excluding hydrogens is 276 g/mol. The van der Waals surface area contributed by atoms with Gasteiger partial charge >= 0.3 is 0 Å². The minimum absolute atomic E-state index is 0.901. The lowest BCUT2D eigenvalue weighted by Crippen LogP contribution is -2.29. The van der Waals surface area contributed by atoms with E-state index < -0.39 is 0 Å². The van der Waals surface area contributed by atoms with E-state index in [0.29, 0.717) is 0 Å². The molecule has 3 fully saturated rings. The van der Waals surface area contributed by atoms with Crippen molar-refractivity contribution in [3.63, 3.8) is 0 Å². The largest absolute Gasteiger partial charge is 0.0654 e. The van der Waals surface area contributed by atoms with Gasteiger partial charge in [0.1, 0.15) is 0 Å². The molecule has 5 unspecified atom stereocenters. The fraction of sp³-hybridized carbons (Fsp3) is 1.00. The average molecular weight is 319 g/mol. The van der Waals surface area contributed by atoms with Crippen molar-refractivity contribution in [2.75, 3.05) is 0 Å². The number of hydrogen-bond donors (Lipinski definition) is 0. The number of unbranched alkanes of at least 4 members (excludes halogenated alkanes) is 8. The molecule has 3 aliphatic rings. The highest BCUT2D eigenvalue weighted by Crippen LogP contribution is 2.71. The molecule has 0 N–H and O–H groups in total. The van der Waals surface area contributed by atoms with Gasteiger partial charge in [0, 0.05) is 0 Å². The van der Waals surface area contributed by atoms with Crippen LogP contribution in [-0.2, 0) is 0 Å². The molecule has 0 radical (unpaired) electrons. The van der Waals surface area contributed by atoms with E-state index in [2.05, 4.69) is 13.8 Å². The summed E-state index contributed by atoms with van der Waals surface area (Å²) < 4.78 is 0. The molecule has 3 saturated carbocycles. The van der Waals surface area contributed by atoms with Crippen LogP contribution in [0.25, 0.3) is 0 Å². The third kappa shape index (κ3) is 4.76. The van der Waals surface area contributed by atoms with Gasteiger partial charge in [-0.3, -0.25) is 0 Å². The molecule has 3 aliphatic carbocycles. The Morgan fingerprint density at radius 2 is 1.43 bits per heavy atom. The van der Waals surface area contributed by atoms with Gasteiger partial charge in [-0.05, 0) is 74.0 Å². The molecule has 23 heavy (non-hydrogen) atoms. The second kappa shape index (κ2) is 8.39. The van der Waals surface area contributed by atoms with Crippen molar-refractivity contribution in [2.24, 2.45) is 29.1 Å². The monoisotopic (exact) mass is 318 g/mol. The fourth-order valence-electron chi connectivity index (χ4n) is 5.66. The Bertz CT molecular complexity index is 346. The Morgan fingerprint density at radius 1 is 0.783 bits per heavy atom. The Hall–Kier alpha value is 0. The van der Waals surface area contributed by atoms with Gasteiger partial charge in [0.25, 0.3) is 0 Å². The Kier molecular flexibility index (Phi) is 6.50. The van der Waals surface area contributed by atoms with Crippen molar-refractivity contribution in [3.05, 3.63) is 0 Å². The van der Waals surface area contributed by atoms with Crippen LogP contribution < -0.4 is 0 Å². The van der Waals surface area contributed by atoms with E-state index >= 15 is 0 Å². The maximum Gasteiger partial charge on any atom is -0.0238 e.